The van der Waals surface area contributed by atoms with E-state index < -0.39 is 10.0 Å². The third kappa shape index (κ3) is 4.26. The quantitative estimate of drug-likeness (QED) is 0.754. The predicted molar refractivity (Wildman–Crippen MR) is 112 cm³/mol. The summed E-state index contributed by atoms with van der Waals surface area (Å²) in [6.07, 6.45) is 1.82. The fraction of sp³-hybridized carbons (Fsp3) is 0.381. The van der Waals surface area contributed by atoms with Crippen LogP contribution in [-0.4, -0.2) is 38.5 Å². The molecule has 1 saturated heterocycles. The van der Waals surface area contributed by atoms with Crippen molar-refractivity contribution in [1.29, 1.82) is 0 Å². The summed E-state index contributed by atoms with van der Waals surface area (Å²) in [5.41, 5.74) is 1.08. The van der Waals surface area contributed by atoms with Gasteiger partial charge in [-0.05, 0) is 54.7 Å². The number of nitrogens with one attached hydrogen (secondary N) is 1. The van der Waals surface area contributed by atoms with E-state index >= 15 is 0 Å². The topological polar surface area (TPSA) is 84.9 Å². The summed E-state index contributed by atoms with van der Waals surface area (Å²) in [4.78, 5) is 12.6. The highest BCUT2D eigenvalue weighted by molar-refractivity contribution is 7.89. The summed E-state index contributed by atoms with van der Waals surface area (Å²) in [6.45, 7) is 3.40. The largest absolute Gasteiger partial charge is 0.454 e. The molecule has 9 heteroatoms. The second-order valence-electron chi connectivity index (χ2n) is 7.63. The molecule has 2 aliphatic heterocycles. The Morgan fingerprint density at radius 1 is 1.20 bits per heavy atom. The lowest BCUT2D eigenvalue weighted by atomic mass is 10.0. The Morgan fingerprint density at radius 3 is 2.80 bits per heavy atom. The van der Waals surface area contributed by atoms with Gasteiger partial charge in [0.2, 0.25) is 16.8 Å². The molecule has 1 amide bonds. The smallest absolute Gasteiger partial charge is 0.251 e. The number of fused-ring (bicyclic) bond motifs is 1. The number of ether oxygens (including phenoxy) is 2. The minimum atomic E-state index is -3.76. The van der Waals surface area contributed by atoms with Crippen molar-refractivity contribution >= 4 is 27.5 Å². The first-order valence-corrected chi connectivity index (χ1v) is 11.6. The van der Waals surface area contributed by atoms with Gasteiger partial charge in [0.25, 0.3) is 5.91 Å². The average Bonchev–Trinajstić information content (AvgIpc) is 3.20. The molecular formula is C21H23ClN2O5S. The number of benzene rings is 2. The second-order valence-corrected chi connectivity index (χ2v) is 9.94. The number of rotatable bonds is 5. The van der Waals surface area contributed by atoms with Gasteiger partial charge >= 0.3 is 0 Å². The van der Waals surface area contributed by atoms with Crippen molar-refractivity contribution in [3.8, 4) is 11.5 Å². The summed E-state index contributed by atoms with van der Waals surface area (Å²) in [7, 11) is -3.76. The Labute approximate surface area is 181 Å². The number of carbonyl (C=O) groups excluding carboxylic acids is 1. The molecule has 30 heavy (non-hydrogen) atoms. The fourth-order valence-corrected chi connectivity index (χ4v) is 5.78. The molecule has 1 fully saturated rings. The Kier molecular flexibility index (Phi) is 5.90. The molecule has 2 aromatic rings. The molecular weight excluding hydrogens is 428 g/mol. The maximum absolute atomic E-state index is 13.1. The number of halogens is 1. The summed E-state index contributed by atoms with van der Waals surface area (Å²) in [5, 5.41) is 2.92. The number of hydrogen-bond donors (Lipinski definition) is 1. The van der Waals surface area contributed by atoms with Crippen LogP contribution >= 0.6 is 11.6 Å². The molecule has 2 heterocycles. The number of hydrogen-bond acceptors (Lipinski definition) is 5. The van der Waals surface area contributed by atoms with Crippen LogP contribution in [0.5, 0.6) is 11.5 Å². The molecule has 4 rings (SSSR count). The maximum atomic E-state index is 13.1. The van der Waals surface area contributed by atoms with Gasteiger partial charge in [0.05, 0.1) is 5.02 Å². The number of amides is 1. The van der Waals surface area contributed by atoms with E-state index in [9.17, 15) is 13.2 Å². The van der Waals surface area contributed by atoms with E-state index in [0.717, 1.165) is 18.4 Å². The van der Waals surface area contributed by atoms with Gasteiger partial charge in [-0.2, -0.15) is 4.31 Å². The van der Waals surface area contributed by atoms with Crippen LogP contribution in [0, 0.1) is 5.92 Å². The van der Waals surface area contributed by atoms with E-state index in [4.69, 9.17) is 21.1 Å². The Bertz CT molecular complexity index is 1070. The molecule has 2 aromatic carbocycles. The highest BCUT2D eigenvalue weighted by atomic mass is 35.5. The molecule has 0 bridgehead atoms. The SMILES string of the molecule is CC1CCCN(S(=O)(=O)c2cc(C(=O)NCc3ccc4c(c3)OCO4)ccc2Cl)C1. The molecule has 0 aromatic heterocycles. The lowest BCUT2D eigenvalue weighted by Gasteiger charge is -2.30. The van der Waals surface area contributed by atoms with E-state index in [-0.39, 0.29) is 34.7 Å². The van der Waals surface area contributed by atoms with Crippen LogP contribution in [0.2, 0.25) is 5.02 Å². The number of piperidine rings is 1. The van der Waals surface area contributed by atoms with Crippen molar-refractivity contribution in [3.63, 3.8) is 0 Å². The first-order chi connectivity index (χ1) is 14.3. The zero-order chi connectivity index (χ0) is 21.3. The lowest BCUT2D eigenvalue weighted by Crippen LogP contribution is -2.39. The molecule has 7 nitrogen and oxygen atoms in total. The zero-order valence-electron chi connectivity index (χ0n) is 16.6. The average molecular weight is 451 g/mol. The van der Waals surface area contributed by atoms with Crippen LogP contribution in [0.15, 0.2) is 41.3 Å². The molecule has 0 aliphatic carbocycles. The summed E-state index contributed by atoms with van der Waals surface area (Å²) in [6, 6.07) is 9.76. The number of sulfonamides is 1. The van der Waals surface area contributed by atoms with Crippen molar-refractivity contribution in [1.82, 2.24) is 9.62 Å². The van der Waals surface area contributed by atoms with Crippen LogP contribution in [0.3, 0.4) is 0 Å². The molecule has 160 valence electrons. The molecule has 1 atom stereocenters. The summed E-state index contributed by atoms with van der Waals surface area (Å²) in [5.74, 6) is 1.22. The minimum Gasteiger partial charge on any atom is -0.454 e. The van der Waals surface area contributed by atoms with Gasteiger partial charge in [-0.1, -0.05) is 24.6 Å². The van der Waals surface area contributed by atoms with E-state index in [0.29, 0.717) is 30.5 Å². The van der Waals surface area contributed by atoms with Crippen LogP contribution in [-0.2, 0) is 16.6 Å². The Balaban J connectivity index is 1.50. The summed E-state index contributed by atoms with van der Waals surface area (Å²) >= 11 is 6.20. The van der Waals surface area contributed by atoms with Crippen molar-refractivity contribution in [2.45, 2.75) is 31.2 Å². The molecule has 0 spiro atoms. The maximum Gasteiger partial charge on any atom is 0.251 e. The first kappa shape index (κ1) is 21.0. The van der Waals surface area contributed by atoms with Gasteiger partial charge < -0.3 is 14.8 Å². The van der Waals surface area contributed by atoms with E-state index in [1.165, 1.54) is 22.5 Å². The molecule has 1 N–H and O–H groups in total. The minimum absolute atomic E-state index is 0.0333. The number of carbonyl (C=O) groups is 1. The highest BCUT2D eigenvalue weighted by Gasteiger charge is 2.31. The third-order valence-electron chi connectivity index (χ3n) is 5.32. The van der Waals surface area contributed by atoms with Crippen molar-refractivity contribution in [2.24, 2.45) is 5.92 Å². The predicted octanol–water partition coefficient (Wildman–Crippen LogP) is 3.42. The van der Waals surface area contributed by atoms with Crippen LogP contribution in [0.4, 0.5) is 0 Å². The summed E-state index contributed by atoms with van der Waals surface area (Å²) < 4.78 is 38.3. The van der Waals surface area contributed by atoms with Gasteiger partial charge in [-0.3, -0.25) is 4.79 Å². The van der Waals surface area contributed by atoms with Crippen molar-refractivity contribution < 1.29 is 22.7 Å². The monoisotopic (exact) mass is 450 g/mol. The van der Waals surface area contributed by atoms with E-state index in [2.05, 4.69) is 5.32 Å². The standard InChI is InChI=1S/C21H23ClN2O5S/c1-14-3-2-8-24(12-14)30(26,27)20-10-16(5-6-17(20)22)21(25)23-11-15-4-7-18-19(9-15)29-13-28-18/h4-7,9-10,14H,2-3,8,11-13H2,1H3,(H,23,25). The third-order valence-corrected chi connectivity index (χ3v) is 7.67. The van der Waals surface area contributed by atoms with Gasteiger partial charge in [0.15, 0.2) is 11.5 Å². The van der Waals surface area contributed by atoms with Crippen LogP contribution in [0.25, 0.3) is 0 Å². The molecule has 2 aliphatic rings. The normalized spacial score (nSPS) is 18.9. The zero-order valence-corrected chi connectivity index (χ0v) is 18.1. The van der Waals surface area contributed by atoms with E-state index in [1.54, 1.807) is 12.1 Å². The van der Waals surface area contributed by atoms with Gasteiger partial charge in [0.1, 0.15) is 4.90 Å². The number of nitrogens with zero attached hydrogens (tertiary/aromatic N) is 1. The molecule has 1 unspecified atom stereocenters. The van der Waals surface area contributed by atoms with Gasteiger partial charge in [-0.25, -0.2) is 8.42 Å². The fourth-order valence-electron chi connectivity index (χ4n) is 3.68. The van der Waals surface area contributed by atoms with Gasteiger partial charge in [-0.15, -0.1) is 0 Å². The first-order valence-electron chi connectivity index (χ1n) is 9.81. The van der Waals surface area contributed by atoms with E-state index in [1.807, 2.05) is 13.0 Å². The lowest BCUT2D eigenvalue weighted by molar-refractivity contribution is 0.0950. The van der Waals surface area contributed by atoms with Gasteiger partial charge in [0, 0.05) is 25.2 Å². The van der Waals surface area contributed by atoms with Crippen molar-refractivity contribution in [3.05, 3.63) is 52.5 Å². The molecule has 0 radical (unpaired) electrons. The van der Waals surface area contributed by atoms with Crippen molar-refractivity contribution in [2.75, 3.05) is 19.9 Å². The molecule has 0 saturated carbocycles. The Hall–Kier alpha value is -2.29. The highest BCUT2D eigenvalue weighted by Crippen LogP contribution is 2.32. The second kappa shape index (κ2) is 8.45. The van der Waals surface area contributed by atoms with Crippen LogP contribution in [0.1, 0.15) is 35.7 Å². The van der Waals surface area contributed by atoms with Crippen LogP contribution < -0.4 is 14.8 Å². The Morgan fingerprint density at radius 2 is 2.00 bits per heavy atom.